The average Bonchev–Trinajstić information content (AvgIpc) is 3.98. The maximum Gasteiger partial charge on any atom is 0.188 e. The molecule has 13 aromatic rings. The van der Waals surface area contributed by atoms with E-state index in [0.29, 0.717) is 22.5 Å². The number of nitrogens with zero attached hydrogens (tertiary/aromatic N) is 6. The van der Waals surface area contributed by atoms with Gasteiger partial charge in [-0.2, -0.15) is 10.5 Å². The summed E-state index contributed by atoms with van der Waals surface area (Å²) in [5.41, 5.74) is 15.0. The van der Waals surface area contributed by atoms with Gasteiger partial charge in [-0.3, -0.25) is 0 Å². The highest BCUT2D eigenvalue weighted by Crippen LogP contribution is 2.47. The van der Waals surface area contributed by atoms with E-state index in [4.69, 9.17) is 13.1 Å². The Bertz CT molecular complexity index is 4250. The van der Waals surface area contributed by atoms with E-state index < -0.39 is 0 Å². The summed E-state index contributed by atoms with van der Waals surface area (Å²) in [6.07, 6.45) is 0. The van der Waals surface area contributed by atoms with Gasteiger partial charge in [0.1, 0.15) is 11.6 Å². The Labute approximate surface area is 422 Å². The topological polar surface area (TPSA) is 66.2 Å². The fraction of sp³-hybridized carbons (Fsp3) is 0. The summed E-state index contributed by atoms with van der Waals surface area (Å²) in [6.45, 7) is 15.7. The normalized spacial score (nSPS) is 11.3. The summed E-state index contributed by atoms with van der Waals surface area (Å²) in [6, 6.07) is 70.2. The fourth-order valence-electron chi connectivity index (χ4n) is 10.9. The third-order valence-corrected chi connectivity index (χ3v) is 14.3. The van der Waals surface area contributed by atoms with Crippen LogP contribution >= 0.6 is 0 Å². The molecular formula is C66H34F2N6. The Morgan fingerprint density at radius 1 is 0.324 bits per heavy atom. The Morgan fingerprint density at radius 3 is 1.00 bits per heavy atom. The molecule has 0 atom stereocenters. The molecule has 0 aliphatic carbocycles. The molecule has 0 radical (unpaired) electrons. The number of rotatable bonds is 6. The lowest BCUT2D eigenvalue weighted by Crippen LogP contribution is -1.98. The Hall–Kier alpha value is -10.6. The molecule has 0 aliphatic heterocycles. The maximum absolute atomic E-state index is 14.1. The van der Waals surface area contributed by atoms with Gasteiger partial charge in [0.2, 0.25) is 0 Å². The highest BCUT2D eigenvalue weighted by molar-refractivity contribution is 6.23. The van der Waals surface area contributed by atoms with E-state index in [1.165, 1.54) is 24.3 Å². The van der Waals surface area contributed by atoms with Crippen LogP contribution in [0.15, 0.2) is 206 Å². The van der Waals surface area contributed by atoms with E-state index in [0.717, 1.165) is 121 Å². The molecule has 0 fully saturated rings. The predicted molar refractivity (Wildman–Crippen MR) is 294 cm³/mol. The number of hydrogen-bond donors (Lipinski definition) is 0. The second-order valence-electron chi connectivity index (χ2n) is 18.4. The van der Waals surface area contributed by atoms with E-state index in [1.807, 2.05) is 72.8 Å². The van der Waals surface area contributed by atoms with Crippen LogP contribution in [0.3, 0.4) is 0 Å². The van der Waals surface area contributed by atoms with Gasteiger partial charge in [0.25, 0.3) is 0 Å². The van der Waals surface area contributed by atoms with Gasteiger partial charge in [0.05, 0.1) is 58.5 Å². The van der Waals surface area contributed by atoms with Crippen LogP contribution in [0.2, 0.25) is 0 Å². The third kappa shape index (κ3) is 6.95. The van der Waals surface area contributed by atoms with Crippen molar-refractivity contribution in [3.05, 3.63) is 252 Å². The van der Waals surface area contributed by atoms with Gasteiger partial charge in [-0.15, -0.1) is 0 Å². The largest absolute Gasteiger partial charge is 0.309 e. The zero-order valence-electron chi connectivity index (χ0n) is 39.1. The van der Waals surface area contributed by atoms with Crippen molar-refractivity contribution < 1.29 is 8.78 Å². The average molecular weight is 949 g/mol. The first-order valence-electron chi connectivity index (χ1n) is 23.8. The Balaban J connectivity index is 1.13. The SMILES string of the molecule is [C-]#[N+]c1ccc2c(c1)c1cc(C#N)ccc1n2-c1ccc2c(-c3ccc(-c4ccc(F)cc4)cc3)c3cc(-n4c5ccc(C#N)cc5c5cc([N+]#[C-])ccc54)ccc3c(-c3ccc(-c4ccc(F)cc4)cc3)c2c1. The number of nitriles is 2. The second-order valence-corrected chi connectivity index (χ2v) is 18.4. The molecule has 6 nitrogen and oxygen atoms in total. The van der Waals surface area contributed by atoms with Crippen molar-refractivity contribution in [3.63, 3.8) is 0 Å². The molecule has 74 heavy (non-hydrogen) atoms. The summed E-state index contributed by atoms with van der Waals surface area (Å²) in [5.74, 6) is -0.601. The molecular weight excluding hydrogens is 915 g/mol. The Kier molecular flexibility index (Phi) is 9.99. The van der Waals surface area contributed by atoms with Crippen molar-refractivity contribution >= 4 is 76.5 Å². The van der Waals surface area contributed by atoms with Gasteiger partial charge in [0.15, 0.2) is 11.4 Å². The minimum atomic E-state index is -0.301. The molecule has 2 aromatic heterocycles. The molecule has 0 spiro atoms. The standard InChI is InChI=1S/C66H34F2N6/c1-71-49-21-29-63-57(33-49)55-31-39(37-69)3-27-61(55)73(63)51-23-25-53-59(35-51)65(45-9-5-41(6-10-45)43-13-17-47(67)18-14-43)54-26-24-52(36-60(54)66(53)46-11-7-42(8-12-46)44-15-19-48(68)20-16-44)74-62-28-4-40(38-70)32-56(62)58-34-50(72-2)22-30-64(58)74/h3-36H. The first-order valence-corrected chi connectivity index (χ1v) is 23.8. The zero-order valence-corrected chi connectivity index (χ0v) is 39.1. The van der Waals surface area contributed by atoms with Crippen molar-refractivity contribution in [2.24, 2.45) is 0 Å². The van der Waals surface area contributed by atoms with Crippen molar-refractivity contribution in [3.8, 4) is 68.0 Å². The minimum absolute atomic E-state index is 0.301. The van der Waals surface area contributed by atoms with E-state index in [2.05, 4.69) is 116 Å². The molecule has 0 saturated carbocycles. The van der Waals surface area contributed by atoms with Crippen LogP contribution in [-0.4, -0.2) is 9.13 Å². The van der Waals surface area contributed by atoms with Crippen LogP contribution in [-0.2, 0) is 0 Å². The smallest absolute Gasteiger partial charge is 0.188 e. The van der Waals surface area contributed by atoms with Crippen LogP contribution in [0.4, 0.5) is 20.2 Å². The molecule has 8 heteroatoms. The molecule has 0 N–H and O–H groups in total. The summed E-state index contributed by atoms with van der Waals surface area (Å²) in [7, 11) is 0. The molecule has 13 rings (SSSR count). The third-order valence-electron chi connectivity index (χ3n) is 14.3. The summed E-state index contributed by atoms with van der Waals surface area (Å²) in [5, 5.41) is 27.4. The van der Waals surface area contributed by atoms with Gasteiger partial charge >= 0.3 is 0 Å². The predicted octanol–water partition coefficient (Wildman–Crippen LogP) is 18.0. The fourth-order valence-corrected chi connectivity index (χ4v) is 10.9. The van der Waals surface area contributed by atoms with Crippen molar-refractivity contribution in [1.82, 2.24) is 9.13 Å². The van der Waals surface area contributed by atoms with Crippen LogP contribution in [0.1, 0.15) is 11.1 Å². The Morgan fingerprint density at radius 2 is 0.649 bits per heavy atom. The van der Waals surface area contributed by atoms with Crippen LogP contribution in [0.25, 0.3) is 131 Å². The number of hydrogen-bond acceptors (Lipinski definition) is 2. The number of halogens is 2. The van der Waals surface area contributed by atoms with Crippen LogP contribution in [0.5, 0.6) is 0 Å². The van der Waals surface area contributed by atoms with E-state index in [9.17, 15) is 19.3 Å². The number of fused-ring (bicyclic) bond motifs is 8. The highest BCUT2D eigenvalue weighted by Gasteiger charge is 2.22. The highest BCUT2D eigenvalue weighted by atomic mass is 19.1. The molecule has 2 heterocycles. The zero-order chi connectivity index (χ0) is 50.2. The van der Waals surface area contributed by atoms with Crippen molar-refractivity contribution in [2.75, 3.05) is 0 Å². The molecule has 0 amide bonds. The quantitative estimate of drug-likeness (QED) is 0.123. The first kappa shape index (κ1) is 43.4. The van der Waals surface area contributed by atoms with Gasteiger partial charge in [0, 0.05) is 22.1 Å². The lowest BCUT2D eigenvalue weighted by molar-refractivity contribution is 0.627. The molecule has 0 saturated heterocycles. The van der Waals surface area contributed by atoms with Gasteiger partial charge in [-0.25, -0.2) is 18.5 Å². The van der Waals surface area contributed by atoms with E-state index >= 15 is 0 Å². The first-order chi connectivity index (χ1) is 36.3. The van der Waals surface area contributed by atoms with Gasteiger partial charge in [-0.05, 0) is 186 Å². The molecule has 0 unspecified atom stereocenters. The summed E-state index contributed by atoms with van der Waals surface area (Å²) in [4.78, 5) is 7.49. The second kappa shape index (κ2) is 17.0. The van der Waals surface area contributed by atoms with Gasteiger partial charge in [-0.1, -0.05) is 97.1 Å². The summed E-state index contributed by atoms with van der Waals surface area (Å²) < 4.78 is 32.6. The lowest BCUT2D eigenvalue weighted by Gasteiger charge is -2.21. The molecule has 0 aliphatic rings. The maximum atomic E-state index is 14.1. The molecule has 342 valence electrons. The van der Waals surface area contributed by atoms with Crippen LogP contribution < -0.4 is 0 Å². The van der Waals surface area contributed by atoms with E-state index in [1.54, 1.807) is 24.3 Å². The van der Waals surface area contributed by atoms with E-state index in [-0.39, 0.29) is 11.6 Å². The van der Waals surface area contributed by atoms with Crippen LogP contribution in [0, 0.1) is 47.4 Å². The lowest BCUT2D eigenvalue weighted by atomic mass is 9.85. The monoisotopic (exact) mass is 948 g/mol. The molecule has 11 aromatic carbocycles. The molecule has 0 bridgehead atoms. The van der Waals surface area contributed by atoms with Crippen molar-refractivity contribution in [1.29, 1.82) is 10.5 Å². The number of aromatic nitrogens is 2. The summed E-state index contributed by atoms with van der Waals surface area (Å²) >= 11 is 0. The van der Waals surface area contributed by atoms with Gasteiger partial charge < -0.3 is 9.13 Å². The minimum Gasteiger partial charge on any atom is -0.309 e. The number of benzene rings is 11. The van der Waals surface area contributed by atoms with Crippen molar-refractivity contribution in [2.45, 2.75) is 0 Å².